The molecule has 0 amide bonds. The third kappa shape index (κ3) is 1.64. The van der Waals surface area contributed by atoms with Gasteiger partial charge in [-0.3, -0.25) is 0 Å². The van der Waals surface area contributed by atoms with Crippen LogP contribution < -0.4 is 0 Å². The third-order valence-electron chi connectivity index (χ3n) is 3.02. The molecule has 0 unspecified atom stereocenters. The number of aromatic nitrogens is 4. The van der Waals surface area contributed by atoms with Gasteiger partial charge in [0.1, 0.15) is 6.33 Å². The van der Waals surface area contributed by atoms with Crippen LogP contribution in [0.4, 0.5) is 0 Å². The number of rotatable bonds is 2. The minimum absolute atomic E-state index is 0.673. The van der Waals surface area contributed by atoms with E-state index in [0.717, 1.165) is 16.7 Å². The first-order chi connectivity index (χ1) is 8.78. The second kappa shape index (κ2) is 4.00. The van der Waals surface area contributed by atoms with E-state index in [2.05, 4.69) is 20.8 Å². The smallest absolute Gasteiger partial charge is 0.152 e. The van der Waals surface area contributed by atoms with Crippen molar-refractivity contribution in [3.63, 3.8) is 0 Å². The summed E-state index contributed by atoms with van der Waals surface area (Å²) in [5.74, 6) is 0.900. The number of hydrogen-bond acceptors (Lipinski definition) is 3. The van der Waals surface area contributed by atoms with Crippen molar-refractivity contribution in [3.05, 3.63) is 48.2 Å². The lowest BCUT2D eigenvalue weighted by Gasteiger charge is -2.04. The van der Waals surface area contributed by atoms with Crippen LogP contribution in [0.15, 0.2) is 36.8 Å². The second-order valence-electron chi connectivity index (χ2n) is 4.19. The van der Waals surface area contributed by atoms with Gasteiger partial charge in [-0.1, -0.05) is 0 Å². The van der Waals surface area contributed by atoms with Gasteiger partial charge >= 0.3 is 0 Å². The molecule has 2 aromatic heterocycles. The Morgan fingerprint density at radius 3 is 2.94 bits per heavy atom. The fraction of sp³-hybridized carbons (Fsp3) is 0.154. The Hall–Kier alpha value is -2.61. The van der Waals surface area contributed by atoms with Crippen molar-refractivity contribution >= 4 is 10.9 Å². The average molecular weight is 237 g/mol. The molecule has 5 heteroatoms. The third-order valence-corrected chi connectivity index (χ3v) is 3.02. The normalized spacial score (nSPS) is 10.7. The summed E-state index contributed by atoms with van der Waals surface area (Å²) < 4.78 is 4.00. The van der Waals surface area contributed by atoms with E-state index in [1.807, 2.05) is 42.1 Å². The van der Waals surface area contributed by atoms with Crippen molar-refractivity contribution in [2.45, 2.75) is 6.54 Å². The molecule has 18 heavy (non-hydrogen) atoms. The number of nitriles is 1. The van der Waals surface area contributed by atoms with Gasteiger partial charge in [0.05, 0.1) is 18.2 Å². The van der Waals surface area contributed by atoms with Crippen LogP contribution in [0.3, 0.4) is 0 Å². The first-order valence-corrected chi connectivity index (χ1v) is 5.60. The highest BCUT2D eigenvalue weighted by Gasteiger charge is 2.06. The van der Waals surface area contributed by atoms with Crippen LogP contribution in [0.1, 0.15) is 11.4 Å². The van der Waals surface area contributed by atoms with E-state index >= 15 is 0 Å². The van der Waals surface area contributed by atoms with Gasteiger partial charge in [0.25, 0.3) is 0 Å². The monoisotopic (exact) mass is 237 g/mol. The summed E-state index contributed by atoms with van der Waals surface area (Å²) in [6, 6.07) is 9.84. The number of fused-ring (bicyclic) bond motifs is 1. The van der Waals surface area contributed by atoms with Gasteiger partial charge in [0, 0.05) is 24.1 Å². The quantitative estimate of drug-likeness (QED) is 0.681. The molecule has 88 valence electrons. The van der Waals surface area contributed by atoms with E-state index in [0.29, 0.717) is 12.1 Å². The molecule has 0 aliphatic carbocycles. The van der Waals surface area contributed by atoms with Gasteiger partial charge in [-0.05, 0) is 24.3 Å². The molecular formula is C13H11N5. The molecule has 0 aliphatic heterocycles. The second-order valence-corrected chi connectivity index (χ2v) is 4.19. The van der Waals surface area contributed by atoms with Crippen molar-refractivity contribution in [1.82, 2.24) is 19.3 Å². The maximum Gasteiger partial charge on any atom is 0.152 e. The summed E-state index contributed by atoms with van der Waals surface area (Å²) in [4.78, 5) is 0. The summed E-state index contributed by atoms with van der Waals surface area (Å²) in [6.07, 6.45) is 3.69. The van der Waals surface area contributed by atoms with E-state index in [1.165, 1.54) is 0 Å². The SMILES string of the molecule is Cn1cnnc1Cn1ccc2cc(C#N)ccc21. The molecule has 5 nitrogen and oxygen atoms in total. The van der Waals surface area contributed by atoms with Crippen molar-refractivity contribution in [2.24, 2.45) is 7.05 Å². The molecule has 1 aromatic carbocycles. The zero-order valence-corrected chi connectivity index (χ0v) is 9.91. The first kappa shape index (κ1) is 10.5. The van der Waals surface area contributed by atoms with E-state index < -0.39 is 0 Å². The maximum atomic E-state index is 8.87. The fourth-order valence-electron chi connectivity index (χ4n) is 2.01. The number of aryl methyl sites for hydroxylation is 1. The average Bonchev–Trinajstić information content (AvgIpc) is 2.97. The van der Waals surface area contributed by atoms with Crippen LogP contribution in [0.25, 0.3) is 10.9 Å². The minimum atomic E-state index is 0.673. The van der Waals surface area contributed by atoms with Crippen molar-refractivity contribution in [3.8, 4) is 6.07 Å². The van der Waals surface area contributed by atoms with E-state index in [4.69, 9.17) is 5.26 Å². The van der Waals surface area contributed by atoms with E-state index in [1.54, 1.807) is 6.33 Å². The van der Waals surface area contributed by atoms with Gasteiger partial charge < -0.3 is 9.13 Å². The number of benzene rings is 1. The topological polar surface area (TPSA) is 59.4 Å². The highest BCUT2D eigenvalue weighted by atomic mass is 15.3. The van der Waals surface area contributed by atoms with Crippen LogP contribution in [0.2, 0.25) is 0 Å². The number of nitrogens with zero attached hydrogens (tertiary/aromatic N) is 5. The molecule has 0 bridgehead atoms. The minimum Gasteiger partial charge on any atom is -0.340 e. The maximum absolute atomic E-state index is 8.87. The van der Waals surface area contributed by atoms with Crippen LogP contribution in [-0.2, 0) is 13.6 Å². The first-order valence-electron chi connectivity index (χ1n) is 5.60. The van der Waals surface area contributed by atoms with Gasteiger partial charge in [-0.15, -0.1) is 10.2 Å². The molecule has 3 rings (SSSR count). The molecule has 0 saturated heterocycles. The summed E-state index contributed by atoms with van der Waals surface area (Å²) in [6.45, 7) is 0.673. The van der Waals surface area contributed by atoms with Gasteiger partial charge in [-0.2, -0.15) is 5.26 Å². The Morgan fingerprint density at radius 2 is 2.22 bits per heavy atom. The summed E-state index contributed by atoms with van der Waals surface area (Å²) in [5.41, 5.74) is 1.77. The molecule has 0 spiro atoms. The molecule has 3 aromatic rings. The Balaban J connectivity index is 2.04. The largest absolute Gasteiger partial charge is 0.340 e. The predicted octanol–water partition coefficient (Wildman–Crippen LogP) is 1.69. The lowest BCUT2D eigenvalue weighted by molar-refractivity contribution is 0.716. The molecule has 0 saturated carbocycles. The lowest BCUT2D eigenvalue weighted by Crippen LogP contribution is -2.04. The molecule has 0 N–H and O–H groups in total. The summed E-state index contributed by atoms with van der Waals surface area (Å²) in [7, 11) is 1.93. The molecule has 0 fully saturated rings. The Morgan fingerprint density at radius 1 is 1.33 bits per heavy atom. The summed E-state index contributed by atoms with van der Waals surface area (Å²) >= 11 is 0. The van der Waals surface area contributed by atoms with Crippen molar-refractivity contribution in [1.29, 1.82) is 5.26 Å². The molecule has 0 radical (unpaired) electrons. The van der Waals surface area contributed by atoms with Gasteiger partial charge in [0.2, 0.25) is 0 Å². The van der Waals surface area contributed by atoms with Crippen LogP contribution in [0, 0.1) is 11.3 Å². The highest BCUT2D eigenvalue weighted by molar-refractivity contribution is 5.81. The van der Waals surface area contributed by atoms with Crippen LogP contribution in [0.5, 0.6) is 0 Å². The van der Waals surface area contributed by atoms with Gasteiger partial charge in [-0.25, -0.2) is 0 Å². The number of hydrogen-bond donors (Lipinski definition) is 0. The van der Waals surface area contributed by atoms with Crippen LogP contribution >= 0.6 is 0 Å². The molecule has 2 heterocycles. The Kier molecular flexibility index (Phi) is 2.34. The molecule has 0 atom stereocenters. The molecule has 0 aliphatic rings. The van der Waals surface area contributed by atoms with E-state index in [9.17, 15) is 0 Å². The lowest BCUT2D eigenvalue weighted by atomic mass is 10.2. The zero-order chi connectivity index (χ0) is 12.5. The van der Waals surface area contributed by atoms with E-state index in [-0.39, 0.29) is 0 Å². The highest BCUT2D eigenvalue weighted by Crippen LogP contribution is 2.18. The Bertz CT molecular complexity index is 744. The zero-order valence-electron chi connectivity index (χ0n) is 9.91. The van der Waals surface area contributed by atoms with Gasteiger partial charge in [0.15, 0.2) is 5.82 Å². The van der Waals surface area contributed by atoms with Crippen molar-refractivity contribution < 1.29 is 0 Å². The summed E-state index contributed by atoms with van der Waals surface area (Å²) in [5, 5.41) is 17.9. The Labute approximate surface area is 104 Å². The fourth-order valence-corrected chi connectivity index (χ4v) is 2.01. The predicted molar refractivity (Wildman–Crippen MR) is 66.8 cm³/mol. The van der Waals surface area contributed by atoms with Crippen LogP contribution in [-0.4, -0.2) is 19.3 Å². The van der Waals surface area contributed by atoms with Crippen molar-refractivity contribution in [2.75, 3.05) is 0 Å². The standard InChI is InChI=1S/C13H11N5/c1-17-9-15-16-13(17)8-18-5-4-11-6-10(7-14)2-3-12(11)18/h2-6,9H,8H2,1H3. The molecular weight excluding hydrogens is 226 g/mol.